The third-order valence-electron chi connectivity index (χ3n) is 4.89. The molecule has 0 aliphatic carbocycles. The summed E-state index contributed by atoms with van der Waals surface area (Å²) in [4.78, 5) is 33.7. The van der Waals surface area contributed by atoms with Crippen molar-refractivity contribution >= 4 is 49.6 Å². The second-order valence-electron chi connectivity index (χ2n) is 7.43. The molecule has 0 amide bonds. The molecule has 178 valence electrons. The minimum Gasteiger partial charge on any atom is -0.348 e. The van der Waals surface area contributed by atoms with Gasteiger partial charge in [-0.15, -0.1) is 0 Å². The van der Waals surface area contributed by atoms with Crippen LogP contribution in [0.3, 0.4) is 0 Å². The van der Waals surface area contributed by atoms with Gasteiger partial charge in [-0.2, -0.15) is 0 Å². The highest BCUT2D eigenvalue weighted by Gasteiger charge is 2.26. The van der Waals surface area contributed by atoms with Gasteiger partial charge in [0.2, 0.25) is 5.95 Å². The van der Waals surface area contributed by atoms with Crippen molar-refractivity contribution < 1.29 is 18.3 Å². The number of non-ortho nitro benzene ring substituents is 1. The number of nitro groups is 2. The number of fused-ring (bicyclic) bond motifs is 1. The molecule has 35 heavy (non-hydrogen) atoms. The number of aryl methyl sites for hydroxylation is 2. The monoisotopic (exact) mass is 495 g/mol. The molecule has 0 unspecified atom stereocenters. The van der Waals surface area contributed by atoms with E-state index in [9.17, 15) is 28.6 Å². The van der Waals surface area contributed by atoms with E-state index in [0.29, 0.717) is 17.1 Å². The Morgan fingerprint density at radius 1 is 0.886 bits per heavy atom. The van der Waals surface area contributed by atoms with Gasteiger partial charge in [-0.1, -0.05) is 0 Å². The van der Waals surface area contributed by atoms with Gasteiger partial charge >= 0.3 is 5.69 Å². The molecule has 0 atom stereocenters. The predicted octanol–water partition coefficient (Wildman–Crippen LogP) is 4.00. The van der Waals surface area contributed by atoms with Crippen LogP contribution in [0.1, 0.15) is 11.4 Å². The van der Waals surface area contributed by atoms with Crippen molar-refractivity contribution in [1.82, 2.24) is 15.0 Å². The Kier molecular flexibility index (Phi) is 5.96. The molecule has 0 radical (unpaired) electrons. The number of hydrogen-bond acceptors (Lipinski definition) is 10. The molecular formula is C21H17N7O6S. The average molecular weight is 495 g/mol. The van der Waals surface area contributed by atoms with Gasteiger partial charge in [0, 0.05) is 23.3 Å². The first-order valence-electron chi connectivity index (χ1n) is 9.98. The largest absolute Gasteiger partial charge is 0.348 e. The highest BCUT2D eigenvalue weighted by molar-refractivity contribution is 7.92. The molecule has 0 saturated carbocycles. The van der Waals surface area contributed by atoms with E-state index in [1.807, 2.05) is 0 Å². The summed E-state index contributed by atoms with van der Waals surface area (Å²) >= 11 is 0. The highest BCUT2D eigenvalue weighted by Crippen LogP contribution is 2.39. The molecule has 0 saturated heterocycles. The minimum absolute atomic E-state index is 0.0266. The van der Waals surface area contributed by atoms with Gasteiger partial charge in [-0.3, -0.25) is 25.2 Å². The Bertz CT molecular complexity index is 1570. The maximum atomic E-state index is 12.7. The Morgan fingerprint density at radius 2 is 1.51 bits per heavy atom. The van der Waals surface area contributed by atoms with Gasteiger partial charge in [0.15, 0.2) is 0 Å². The van der Waals surface area contributed by atoms with Gasteiger partial charge in [-0.25, -0.2) is 23.1 Å². The first-order chi connectivity index (χ1) is 16.5. The molecule has 0 aliphatic heterocycles. The summed E-state index contributed by atoms with van der Waals surface area (Å²) in [5.74, 6) is -0.0660. The van der Waals surface area contributed by atoms with Crippen molar-refractivity contribution in [2.45, 2.75) is 18.7 Å². The van der Waals surface area contributed by atoms with Crippen LogP contribution in [0.4, 0.5) is 28.7 Å². The summed E-state index contributed by atoms with van der Waals surface area (Å²) < 4.78 is 27.8. The van der Waals surface area contributed by atoms with Crippen LogP contribution in [0.25, 0.3) is 10.9 Å². The van der Waals surface area contributed by atoms with E-state index < -0.39 is 31.2 Å². The summed E-state index contributed by atoms with van der Waals surface area (Å²) in [7, 11) is -4.01. The van der Waals surface area contributed by atoms with Crippen molar-refractivity contribution in [3.63, 3.8) is 0 Å². The molecule has 2 aromatic carbocycles. The maximum Gasteiger partial charge on any atom is 0.301 e. The molecule has 14 heteroatoms. The third-order valence-corrected chi connectivity index (χ3v) is 6.23. The second kappa shape index (κ2) is 8.90. The fourth-order valence-electron chi connectivity index (χ4n) is 3.44. The number of nitro benzene ring substituents is 2. The number of hydrogen-bond donors (Lipinski definition) is 2. The standard InChI is InChI=1S/C21H17N7O6S/c1-12-10-13(2)24-21(23-12)26-35(33,34)15-7-5-14(6-8-15)25-20-18(28(31)32)11-17(27(29)30)16-4-3-9-22-19(16)20/h3-11,25H,1-2H3,(H,23,24,26). The number of benzene rings is 2. The molecule has 4 rings (SSSR count). The number of anilines is 3. The molecule has 2 aromatic heterocycles. The van der Waals surface area contributed by atoms with Crippen LogP contribution in [0.5, 0.6) is 0 Å². The van der Waals surface area contributed by atoms with Crippen molar-refractivity contribution in [1.29, 1.82) is 0 Å². The van der Waals surface area contributed by atoms with E-state index in [1.54, 1.807) is 19.9 Å². The van der Waals surface area contributed by atoms with E-state index in [1.165, 1.54) is 42.6 Å². The Hall–Kier alpha value is -4.72. The van der Waals surface area contributed by atoms with Gasteiger partial charge in [0.25, 0.3) is 15.7 Å². The summed E-state index contributed by atoms with van der Waals surface area (Å²) in [6.45, 7) is 3.42. The minimum atomic E-state index is -4.01. The van der Waals surface area contributed by atoms with Crippen LogP contribution < -0.4 is 10.0 Å². The van der Waals surface area contributed by atoms with E-state index in [2.05, 4.69) is 25.0 Å². The highest BCUT2D eigenvalue weighted by atomic mass is 32.2. The number of pyridine rings is 1. The normalized spacial score (nSPS) is 11.3. The molecule has 0 aliphatic rings. The molecular weight excluding hydrogens is 478 g/mol. The molecule has 0 bridgehead atoms. The van der Waals surface area contributed by atoms with Crippen LogP contribution in [-0.4, -0.2) is 33.2 Å². The van der Waals surface area contributed by atoms with Crippen molar-refractivity contribution in [3.05, 3.63) is 86.3 Å². The molecule has 2 N–H and O–H groups in total. The number of sulfonamides is 1. The van der Waals surface area contributed by atoms with Crippen molar-refractivity contribution in [2.24, 2.45) is 0 Å². The summed E-state index contributed by atoms with van der Waals surface area (Å²) in [6.07, 6.45) is 1.36. The lowest BCUT2D eigenvalue weighted by Gasteiger charge is -2.12. The maximum absolute atomic E-state index is 12.7. The summed E-state index contributed by atoms with van der Waals surface area (Å²) in [5.41, 5.74) is 0.461. The molecule has 0 fully saturated rings. The van der Waals surface area contributed by atoms with Crippen molar-refractivity contribution in [2.75, 3.05) is 10.0 Å². The number of rotatable bonds is 7. The zero-order valence-corrected chi connectivity index (χ0v) is 19.1. The zero-order valence-electron chi connectivity index (χ0n) is 18.3. The van der Waals surface area contributed by atoms with Gasteiger partial charge in [0.05, 0.1) is 26.2 Å². The topological polar surface area (TPSA) is 183 Å². The average Bonchev–Trinajstić information content (AvgIpc) is 2.78. The summed E-state index contributed by atoms with van der Waals surface area (Å²) in [6, 6.07) is 10.9. The summed E-state index contributed by atoms with van der Waals surface area (Å²) in [5, 5.41) is 26.0. The molecule has 13 nitrogen and oxygen atoms in total. The fourth-order valence-corrected chi connectivity index (χ4v) is 4.39. The Morgan fingerprint density at radius 3 is 2.11 bits per heavy atom. The van der Waals surface area contributed by atoms with Crippen LogP contribution in [0, 0.1) is 34.1 Å². The van der Waals surface area contributed by atoms with Crippen molar-refractivity contribution in [3.8, 4) is 0 Å². The molecule has 0 spiro atoms. The quantitative estimate of drug-likeness (QED) is 0.280. The molecule has 4 aromatic rings. The van der Waals surface area contributed by atoms with Gasteiger partial charge in [-0.05, 0) is 56.3 Å². The van der Waals surface area contributed by atoms with Gasteiger partial charge in [0.1, 0.15) is 11.2 Å². The van der Waals surface area contributed by atoms with E-state index >= 15 is 0 Å². The Labute approximate surface area is 198 Å². The van der Waals surface area contributed by atoms with E-state index in [-0.39, 0.29) is 27.4 Å². The first kappa shape index (κ1) is 23.4. The van der Waals surface area contributed by atoms with Crippen LogP contribution in [0.2, 0.25) is 0 Å². The zero-order chi connectivity index (χ0) is 25.3. The smallest absolute Gasteiger partial charge is 0.301 e. The number of nitrogens with zero attached hydrogens (tertiary/aromatic N) is 5. The van der Waals surface area contributed by atoms with E-state index in [0.717, 1.165) is 6.07 Å². The third kappa shape index (κ3) is 4.81. The van der Waals surface area contributed by atoms with Crippen LogP contribution >= 0.6 is 0 Å². The predicted molar refractivity (Wildman–Crippen MR) is 127 cm³/mol. The van der Waals surface area contributed by atoms with Crippen LogP contribution in [0.15, 0.2) is 59.6 Å². The second-order valence-corrected chi connectivity index (χ2v) is 9.12. The Balaban J connectivity index is 1.69. The SMILES string of the molecule is Cc1cc(C)nc(NS(=O)(=O)c2ccc(Nc3c([N+](=O)[O-])cc([N+](=O)[O-])c4cccnc34)cc2)n1. The fraction of sp³-hybridized carbons (Fsp3) is 0.0952. The lowest BCUT2D eigenvalue weighted by atomic mass is 10.1. The molecule has 2 heterocycles. The van der Waals surface area contributed by atoms with Crippen LogP contribution in [-0.2, 0) is 10.0 Å². The van der Waals surface area contributed by atoms with E-state index in [4.69, 9.17) is 0 Å². The lowest BCUT2D eigenvalue weighted by Crippen LogP contribution is -2.15. The number of aromatic nitrogens is 3. The number of nitrogens with one attached hydrogen (secondary N) is 2. The lowest BCUT2D eigenvalue weighted by molar-refractivity contribution is -0.392. The first-order valence-corrected chi connectivity index (χ1v) is 11.5. The van der Waals surface area contributed by atoms with Gasteiger partial charge < -0.3 is 5.32 Å².